The lowest BCUT2D eigenvalue weighted by atomic mass is 10.0. The monoisotopic (exact) mass is 336 g/mol. The molecular formula is C15H28O8. The zero-order valence-corrected chi connectivity index (χ0v) is 13.4. The molecule has 5 N–H and O–H groups in total. The predicted molar refractivity (Wildman–Crippen MR) is 80.2 cm³/mol. The Morgan fingerprint density at radius 1 is 0.913 bits per heavy atom. The molecule has 0 fully saturated rings. The Kier molecular flexibility index (Phi) is 11.8. The van der Waals surface area contributed by atoms with Crippen LogP contribution in [0.4, 0.5) is 0 Å². The van der Waals surface area contributed by atoms with Crippen LogP contribution in [0.2, 0.25) is 0 Å². The molecule has 0 rings (SSSR count). The van der Waals surface area contributed by atoms with E-state index in [1.54, 1.807) is 0 Å². The molecule has 0 unspecified atom stereocenters. The number of hydrogen-bond donors (Lipinski definition) is 5. The fourth-order valence-corrected chi connectivity index (χ4v) is 1.94. The van der Waals surface area contributed by atoms with E-state index in [2.05, 4.69) is 11.7 Å². The SMILES string of the molecule is CCCCCCCCC(=O)OC(=O)[C@@H](O)[C@@H](O)[C@H](O)[C@H](O)CO. The third-order valence-electron chi connectivity index (χ3n) is 3.45. The number of hydrogen-bond acceptors (Lipinski definition) is 8. The van der Waals surface area contributed by atoms with Crippen molar-refractivity contribution in [3.8, 4) is 0 Å². The van der Waals surface area contributed by atoms with Gasteiger partial charge in [0.2, 0.25) is 0 Å². The van der Waals surface area contributed by atoms with Crippen LogP contribution in [0.15, 0.2) is 0 Å². The van der Waals surface area contributed by atoms with E-state index >= 15 is 0 Å². The van der Waals surface area contributed by atoms with Crippen molar-refractivity contribution in [3.63, 3.8) is 0 Å². The minimum absolute atomic E-state index is 0.0164. The molecule has 0 aromatic carbocycles. The molecule has 23 heavy (non-hydrogen) atoms. The molecule has 0 amide bonds. The van der Waals surface area contributed by atoms with E-state index in [1.165, 1.54) is 0 Å². The third-order valence-corrected chi connectivity index (χ3v) is 3.45. The Morgan fingerprint density at radius 3 is 2.04 bits per heavy atom. The van der Waals surface area contributed by atoms with Crippen molar-refractivity contribution in [1.29, 1.82) is 0 Å². The zero-order valence-electron chi connectivity index (χ0n) is 13.4. The Morgan fingerprint density at radius 2 is 1.48 bits per heavy atom. The van der Waals surface area contributed by atoms with Gasteiger partial charge in [-0.2, -0.15) is 0 Å². The topological polar surface area (TPSA) is 145 Å². The number of carbonyl (C=O) groups excluding carboxylic acids is 2. The number of unbranched alkanes of at least 4 members (excludes halogenated alkanes) is 5. The summed E-state index contributed by atoms with van der Waals surface area (Å²) < 4.78 is 4.38. The number of carbonyl (C=O) groups is 2. The largest absolute Gasteiger partial charge is 0.394 e. The molecule has 0 aliphatic rings. The molecule has 4 atom stereocenters. The van der Waals surface area contributed by atoms with Gasteiger partial charge in [0.1, 0.15) is 18.3 Å². The lowest BCUT2D eigenvalue weighted by Crippen LogP contribution is -2.49. The number of aliphatic hydroxyl groups is 5. The summed E-state index contributed by atoms with van der Waals surface area (Å²) in [5, 5.41) is 46.1. The minimum Gasteiger partial charge on any atom is -0.394 e. The van der Waals surface area contributed by atoms with E-state index in [0.717, 1.165) is 32.1 Å². The summed E-state index contributed by atoms with van der Waals surface area (Å²) in [5.41, 5.74) is 0. The predicted octanol–water partition coefficient (Wildman–Crippen LogP) is -0.757. The van der Waals surface area contributed by atoms with Gasteiger partial charge in [-0.15, -0.1) is 0 Å². The van der Waals surface area contributed by atoms with Gasteiger partial charge in [-0.25, -0.2) is 4.79 Å². The Balaban J connectivity index is 4.08. The smallest absolute Gasteiger partial charge is 0.345 e. The van der Waals surface area contributed by atoms with Crippen molar-refractivity contribution < 1.29 is 39.9 Å². The van der Waals surface area contributed by atoms with Gasteiger partial charge in [0.15, 0.2) is 6.10 Å². The van der Waals surface area contributed by atoms with Crippen LogP contribution in [-0.2, 0) is 14.3 Å². The first-order chi connectivity index (χ1) is 10.8. The van der Waals surface area contributed by atoms with Crippen molar-refractivity contribution in [2.24, 2.45) is 0 Å². The summed E-state index contributed by atoms with van der Waals surface area (Å²) in [6, 6.07) is 0. The van der Waals surface area contributed by atoms with Crippen LogP contribution in [0.25, 0.3) is 0 Å². The van der Waals surface area contributed by atoms with Crippen LogP contribution >= 0.6 is 0 Å². The summed E-state index contributed by atoms with van der Waals surface area (Å²) >= 11 is 0. The summed E-state index contributed by atoms with van der Waals surface area (Å²) in [6.45, 7) is 1.23. The average Bonchev–Trinajstić information content (AvgIpc) is 2.54. The summed E-state index contributed by atoms with van der Waals surface area (Å²) in [7, 11) is 0. The molecule has 0 saturated heterocycles. The molecule has 0 spiro atoms. The quantitative estimate of drug-likeness (QED) is 0.178. The summed E-state index contributed by atoms with van der Waals surface area (Å²) in [6.07, 6.45) is -2.22. The van der Waals surface area contributed by atoms with E-state index in [9.17, 15) is 24.9 Å². The normalized spacial score (nSPS) is 16.4. The maximum atomic E-state index is 11.5. The second-order valence-corrected chi connectivity index (χ2v) is 5.49. The van der Waals surface area contributed by atoms with Crippen LogP contribution in [0, 0.1) is 0 Å². The van der Waals surface area contributed by atoms with Crippen LogP contribution in [0.3, 0.4) is 0 Å². The highest BCUT2D eigenvalue weighted by Gasteiger charge is 2.35. The second-order valence-electron chi connectivity index (χ2n) is 5.49. The molecule has 8 nitrogen and oxygen atoms in total. The Bertz CT molecular complexity index is 346. The van der Waals surface area contributed by atoms with E-state index < -0.39 is 43.0 Å². The van der Waals surface area contributed by atoms with Crippen molar-refractivity contribution >= 4 is 11.9 Å². The maximum Gasteiger partial charge on any atom is 0.345 e. The van der Waals surface area contributed by atoms with Gasteiger partial charge in [0.05, 0.1) is 6.61 Å². The van der Waals surface area contributed by atoms with Gasteiger partial charge in [0, 0.05) is 6.42 Å². The van der Waals surface area contributed by atoms with Crippen LogP contribution < -0.4 is 0 Å². The van der Waals surface area contributed by atoms with Gasteiger partial charge in [-0.1, -0.05) is 39.0 Å². The lowest BCUT2D eigenvalue weighted by molar-refractivity contribution is -0.176. The van der Waals surface area contributed by atoms with E-state index in [0.29, 0.717) is 6.42 Å². The number of ether oxygens (including phenoxy) is 1. The molecular weight excluding hydrogens is 308 g/mol. The highest BCUT2D eigenvalue weighted by atomic mass is 16.6. The Hall–Kier alpha value is -1.06. The van der Waals surface area contributed by atoms with Crippen LogP contribution in [-0.4, -0.2) is 68.5 Å². The third kappa shape index (κ3) is 8.97. The maximum absolute atomic E-state index is 11.5. The lowest BCUT2D eigenvalue weighted by Gasteiger charge is -2.24. The molecule has 136 valence electrons. The van der Waals surface area contributed by atoms with Crippen LogP contribution in [0.5, 0.6) is 0 Å². The highest BCUT2D eigenvalue weighted by Crippen LogP contribution is 2.10. The average molecular weight is 336 g/mol. The first-order valence-corrected chi connectivity index (χ1v) is 7.92. The molecule has 8 heteroatoms. The fraction of sp³-hybridized carbons (Fsp3) is 0.867. The minimum atomic E-state index is -2.19. The van der Waals surface area contributed by atoms with Crippen LogP contribution in [0.1, 0.15) is 51.9 Å². The fourth-order valence-electron chi connectivity index (χ4n) is 1.94. The molecule has 0 saturated carbocycles. The standard InChI is InChI=1S/C15H28O8/c1-2-3-4-5-6-7-8-11(18)23-15(22)14(21)13(20)12(19)10(17)9-16/h10,12-14,16-17,19-21H,2-9H2,1H3/t10-,12-,13+,14+/m1/s1. The molecule has 0 aromatic rings. The second kappa shape index (κ2) is 12.4. The molecule has 0 aliphatic carbocycles. The van der Waals surface area contributed by atoms with Gasteiger partial charge < -0.3 is 30.3 Å². The molecule has 0 heterocycles. The molecule has 0 bridgehead atoms. The van der Waals surface area contributed by atoms with Gasteiger partial charge in [0.25, 0.3) is 0 Å². The number of rotatable bonds is 12. The number of esters is 2. The Labute approximate surface area is 135 Å². The van der Waals surface area contributed by atoms with Crippen molar-refractivity contribution in [1.82, 2.24) is 0 Å². The zero-order chi connectivity index (χ0) is 17.8. The summed E-state index contributed by atoms with van der Waals surface area (Å²) in [4.78, 5) is 22.9. The number of aliphatic hydroxyl groups excluding tert-OH is 5. The first-order valence-electron chi connectivity index (χ1n) is 7.92. The molecule has 0 aliphatic heterocycles. The van der Waals surface area contributed by atoms with Crippen molar-refractivity contribution in [2.75, 3.05) is 6.61 Å². The highest BCUT2D eigenvalue weighted by molar-refractivity contribution is 5.88. The van der Waals surface area contributed by atoms with E-state index in [-0.39, 0.29) is 6.42 Å². The van der Waals surface area contributed by atoms with E-state index in [4.69, 9.17) is 10.2 Å². The van der Waals surface area contributed by atoms with E-state index in [1.807, 2.05) is 0 Å². The van der Waals surface area contributed by atoms with Gasteiger partial charge in [-0.05, 0) is 6.42 Å². The first kappa shape index (κ1) is 21.9. The van der Waals surface area contributed by atoms with Gasteiger partial charge in [-0.3, -0.25) is 4.79 Å². The van der Waals surface area contributed by atoms with Crippen molar-refractivity contribution in [3.05, 3.63) is 0 Å². The van der Waals surface area contributed by atoms with Gasteiger partial charge >= 0.3 is 11.9 Å². The summed E-state index contributed by atoms with van der Waals surface area (Å²) in [5.74, 6) is -2.23. The molecule has 0 aromatic heterocycles. The molecule has 0 radical (unpaired) electrons. The van der Waals surface area contributed by atoms with Crippen molar-refractivity contribution in [2.45, 2.75) is 76.3 Å².